The van der Waals surface area contributed by atoms with Gasteiger partial charge in [-0.2, -0.15) is 0 Å². The Morgan fingerprint density at radius 3 is 1.89 bits per heavy atom. The third kappa shape index (κ3) is 4.24. The Kier molecular flexibility index (Phi) is 5.96. The summed E-state index contributed by atoms with van der Waals surface area (Å²) in [6, 6.07) is 32.4. The number of anilines is 2. The quantitative estimate of drug-likeness (QED) is 0.293. The first kappa shape index (κ1) is 22.6. The van der Waals surface area contributed by atoms with E-state index >= 15 is 0 Å². The fraction of sp³-hybridized carbons (Fsp3) is 0.161. The summed E-state index contributed by atoms with van der Waals surface area (Å²) in [6.07, 6.45) is 0. The normalized spacial score (nSPS) is 11.2. The maximum atomic E-state index is 14.1. The molecule has 0 radical (unpaired) electrons. The largest absolute Gasteiger partial charge is 0.345 e. The number of hydrogen-bond acceptors (Lipinski definition) is 3. The van der Waals surface area contributed by atoms with Gasteiger partial charge in [0.2, 0.25) is 0 Å². The fourth-order valence-electron chi connectivity index (χ4n) is 4.66. The Morgan fingerprint density at radius 2 is 1.29 bits per heavy atom. The molecule has 0 aliphatic heterocycles. The molecule has 4 nitrogen and oxygen atoms in total. The van der Waals surface area contributed by atoms with Crippen molar-refractivity contribution in [2.24, 2.45) is 0 Å². The zero-order valence-corrected chi connectivity index (χ0v) is 20.6. The van der Waals surface area contributed by atoms with Crippen LogP contribution in [-0.2, 0) is 0 Å². The van der Waals surface area contributed by atoms with E-state index in [-0.39, 0.29) is 11.6 Å². The minimum atomic E-state index is -0.261. The summed E-state index contributed by atoms with van der Waals surface area (Å²) >= 11 is 0. The van der Waals surface area contributed by atoms with Crippen LogP contribution in [0.25, 0.3) is 10.9 Å². The molecule has 0 atom stereocenters. The minimum Gasteiger partial charge on any atom is -0.345 e. The first-order valence-electron chi connectivity index (χ1n) is 11.9. The van der Waals surface area contributed by atoms with Crippen molar-refractivity contribution < 1.29 is 0 Å². The molecule has 0 amide bonds. The zero-order chi connectivity index (χ0) is 24.5. The molecule has 0 saturated heterocycles. The van der Waals surface area contributed by atoms with E-state index in [1.165, 1.54) is 11.1 Å². The maximum absolute atomic E-state index is 14.1. The third-order valence-corrected chi connectivity index (χ3v) is 6.81. The minimum absolute atomic E-state index is 0.0412. The molecule has 0 fully saturated rings. The summed E-state index contributed by atoms with van der Waals surface area (Å²) in [6.45, 7) is 6.14. The summed E-state index contributed by atoms with van der Waals surface area (Å²) in [7, 11) is 2.03. The van der Waals surface area contributed by atoms with E-state index in [0.29, 0.717) is 16.7 Å². The van der Waals surface area contributed by atoms with Gasteiger partial charge in [-0.1, -0.05) is 66.7 Å². The van der Waals surface area contributed by atoms with Gasteiger partial charge in [0.15, 0.2) is 0 Å². The monoisotopic (exact) mass is 459 g/mol. The topological polar surface area (TPSA) is 38.1 Å². The van der Waals surface area contributed by atoms with Crippen molar-refractivity contribution in [1.82, 2.24) is 9.55 Å². The van der Waals surface area contributed by atoms with Crippen LogP contribution >= 0.6 is 0 Å². The number of rotatable bonds is 5. The molecule has 1 aromatic heterocycles. The van der Waals surface area contributed by atoms with E-state index in [4.69, 9.17) is 4.98 Å². The summed E-state index contributed by atoms with van der Waals surface area (Å²) < 4.78 is 1.83. The van der Waals surface area contributed by atoms with Gasteiger partial charge in [-0.3, -0.25) is 9.36 Å². The summed E-state index contributed by atoms with van der Waals surface area (Å²) in [5, 5.41) is 0.612. The fourth-order valence-corrected chi connectivity index (χ4v) is 4.66. The highest BCUT2D eigenvalue weighted by Crippen LogP contribution is 2.30. The van der Waals surface area contributed by atoms with Crippen molar-refractivity contribution in [3.8, 4) is 0 Å². The van der Waals surface area contributed by atoms with Crippen LogP contribution in [-0.4, -0.2) is 16.6 Å². The van der Waals surface area contributed by atoms with E-state index in [1.54, 1.807) is 0 Å². The van der Waals surface area contributed by atoms with E-state index in [0.717, 1.165) is 22.5 Å². The standard InChI is InChI=1S/C31H29N3O/c1-21-15-16-26(19-22(21)2)33(4)27-17-18-29-28(20-27)31(35)34(23(3)32-29)30(24-11-7-5-8-12-24)25-13-9-6-10-14-25/h5-20,30H,1-4H3. The smallest absolute Gasteiger partial charge is 0.262 e. The second-order valence-electron chi connectivity index (χ2n) is 9.09. The van der Waals surface area contributed by atoms with Crippen LogP contribution in [0, 0.1) is 20.8 Å². The lowest BCUT2D eigenvalue weighted by atomic mass is 9.98. The number of aryl methyl sites for hydroxylation is 3. The van der Waals surface area contributed by atoms with Crippen LogP contribution in [0.3, 0.4) is 0 Å². The average Bonchev–Trinajstić information content (AvgIpc) is 2.88. The summed E-state index contributed by atoms with van der Waals surface area (Å²) in [5.41, 5.74) is 7.30. The highest BCUT2D eigenvalue weighted by molar-refractivity contribution is 5.83. The van der Waals surface area contributed by atoms with Crippen LogP contribution in [0.2, 0.25) is 0 Å². The first-order chi connectivity index (χ1) is 16.9. The first-order valence-corrected chi connectivity index (χ1v) is 11.9. The predicted molar refractivity (Wildman–Crippen MR) is 145 cm³/mol. The van der Waals surface area contributed by atoms with Gasteiger partial charge in [0, 0.05) is 18.4 Å². The Hall–Kier alpha value is -4.18. The Morgan fingerprint density at radius 1 is 0.714 bits per heavy atom. The highest BCUT2D eigenvalue weighted by atomic mass is 16.1. The molecule has 35 heavy (non-hydrogen) atoms. The molecule has 4 heteroatoms. The Balaban J connectivity index is 1.69. The molecule has 0 N–H and O–H groups in total. The van der Waals surface area contributed by atoms with Crippen molar-refractivity contribution in [3.05, 3.63) is 135 Å². The van der Waals surface area contributed by atoms with Gasteiger partial charge < -0.3 is 4.90 Å². The van der Waals surface area contributed by atoms with Gasteiger partial charge in [0.25, 0.3) is 5.56 Å². The van der Waals surface area contributed by atoms with Crippen LogP contribution in [0.15, 0.2) is 102 Å². The number of nitrogens with zero attached hydrogens (tertiary/aromatic N) is 3. The highest BCUT2D eigenvalue weighted by Gasteiger charge is 2.21. The van der Waals surface area contributed by atoms with Gasteiger partial charge >= 0.3 is 0 Å². The molecule has 1 heterocycles. The average molecular weight is 460 g/mol. The molecule has 0 aliphatic carbocycles. The van der Waals surface area contributed by atoms with Crippen LogP contribution < -0.4 is 10.5 Å². The Bertz CT molecular complexity index is 1520. The van der Waals surface area contributed by atoms with E-state index < -0.39 is 0 Å². The van der Waals surface area contributed by atoms with E-state index in [2.05, 4.69) is 61.2 Å². The molecule has 174 valence electrons. The van der Waals surface area contributed by atoms with Gasteiger partial charge in [0.1, 0.15) is 5.82 Å². The predicted octanol–water partition coefficient (Wildman–Crippen LogP) is 6.73. The lowest BCUT2D eigenvalue weighted by molar-refractivity contribution is 0.620. The van der Waals surface area contributed by atoms with E-state index in [1.807, 2.05) is 73.1 Å². The second-order valence-corrected chi connectivity index (χ2v) is 9.09. The number of aromatic nitrogens is 2. The summed E-state index contributed by atoms with van der Waals surface area (Å²) in [4.78, 5) is 21.0. The Labute approximate surface area is 206 Å². The summed E-state index contributed by atoms with van der Waals surface area (Å²) in [5.74, 6) is 0.690. The third-order valence-electron chi connectivity index (χ3n) is 6.81. The molecule has 0 bridgehead atoms. The number of hydrogen-bond donors (Lipinski definition) is 0. The van der Waals surface area contributed by atoms with Crippen LogP contribution in [0.4, 0.5) is 11.4 Å². The maximum Gasteiger partial charge on any atom is 0.262 e. The SMILES string of the molecule is Cc1ccc(N(C)c2ccc3nc(C)n(C(c4ccccc4)c4ccccc4)c(=O)c3c2)cc1C. The van der Waals surface area contributed by atoms with Gasteiger partial charge in [-0.15, -0.1) is 0 Å². The van der Waals surface area contributed by atoms with E-state index in [9.17, 15) is 4.79 Å². The van der Waals surface area contributed by atoms with Crippen molar-refractivity contribution in [2.45, 2.75) is 26.8 Å². The molecule has 0 spiro atoms. The van der Waals surface area contributed by atoms with Crippen molar-refractivity contribution >= 4 is 22.3 Å². The molecule has 5 rings (SSSR count). The zero-order valence-electron chi connectivity index (χ0n) is 20.6. The van der Waals surface area contributed by atoms with Gasteiger partial charge in [-0.25, -0.2) is 4.98 Å². The molecule has 0 saturated carbocycles. The van der Waals surface area contributed by atoms with Crippen molar-refractivity contribution in [1.29, 1.82) is 0 Å². The molecular weight excluding hydrogens is 430 g/mol. The molecule has 0 unspecified atom stereocenters. The molecule has 4 aromatic carbocycles. The van der Waals surface area contributed by atoms with Crippen LogP contribution in [0.5, 0.6) is 0 Å². The number of benzene rings is 4. The lowest BCUT2D eigenvalue weighted by Crippen LogP contribution is -2.29. The molecule has 5 aromatic rings. The van der Waals surface area contributed by atoms with Crippen molar-refractivity contribution in [3.63, 3.8) is 0 Å². The van der Waals surface area contributed by atoms with Gasteiger partial charge in [-0.05, 0) is 73.4 Å². The lowest BCUT2D eigenvalue weighted by Gasteiger charge is -2.24. The molecular formula is C31H29N3O. The van der Waals surface area contributed by atoms with Gasteiger partial charge in [0.05, 0.1) is 16.9 Å². The van der Waals surface area contributed by atoms with Crippen LogP contribution in [0.1, 0.15) is 34.1 Å². The molecule has 0 aliphatic rings. The number of fused-ring (bicyclic) bond motifs is 1. The van der Waals surface area contributed by atoms with Crippen molar-refractivity contribution in [2.75, 3.05) is 11.9 Å². The second kappa shape index (κ2) is 9.22.